The molecule has 34 heavy (non-hydrogen) atoms. The van der Waals surface area contributed by atoms with Crippen molar-refractivity contribution in [2.24, 2.45) is 23.7 Å². The Kier molecular flexibility index (Phi) is 11.5. The highest BCUT2D eigenvalue weighted by atomic mass is 16.4. The number of hydrogen-bond acceptors (Lipinski definition) is 3. The summed E-state index contributed by atoms with van der Waals surface area (Å²) in [6, 6.07) is 9.48. The fourth-order valence-electron chi connectivity index (χ4n) is 4.97. The molecule has 0 spiro atoms. The van der Waals surface area contributed by atoms with Crippen LogP contribution in [0.25, 0.3) is 0 Å². The first kappa shape index (κ1) is 27.8. The smallest absolute Gasteiger partial charge is 0.306 e. The number of unbranched alkanes of at least 4 members (excludes halogenated alkanes) is 1. The largest absolute Gasteiger partial charge is 0.481 e. The number of carboxylic acid groups (broad SMARTS) is 1. The number of hydrogen-bond donors (Lipinski definition) is 1. The van der Waals surface area contributed by atoms with Crippen LogP contribution >= 0.6 is 0 Å². The summed E-state index contributed by atoms with van der Waals surface area (Å²) < 4.78 is 0. The number of rotatable bonds is 14. The minimum Gasteiger partial charge on any atom is -0.481 e. The van der Waals surface area contributed by atoms with Crippen LogP contribution in [0.3, 0.4) is 0 Å². The van der Waals surface area contributed by atoms with Gasteiger partial charge in [0.15, 0.2) is 5.78 Å². The van der Waals surface area contributed by atoms with Gasteiger partial charge >= 0.3 is 5.97 Å². The van der Waals surface area contributed by atoms with Gasteiger partial charge in [-0.05, 0) is 49.5 Å². The summed E-state index contributed by atoms with van der Waals surface area (Å²) in [7, 11) is 0. The maximum atomic E-state index is 13.7. The molecule has 4 atom stereocenters. The Morgan fingerprint density at radius 3 is 2.44 bits per heavy atom. The molecule has 0 aromatic heterocycles. The molecular formula is C29H43NO4. The van der Waals surface area contributed by atoms with Crippen LogP contribution in [0.15, 0.2) is 42.5 Å². The van der Waals surface area contributed by atoms with Gasteiger partial charge in [-0.1, -0.05) is 83.0 Å². The molecule has 1 saturated heterocycles. The maximum Gasteiger partial charge on any atom is 0.306 e. The van der Waals surface area contributed by atoms with Crippen molar-refractivity contribution < 1.29 is 19.5 Å². The number of ketones is 1. The average Bonchev–Trinajstić information content (AvgIpc) is 3.29. The highest BCUT2D eigenvalue weighted by molar-refractivity contribution is 5.92. The van der Waals surface area contributed by atoms with Crippen LogP contribution in [0.1, 0.15) is 78.2 Å². The van der Waals surface area contributed by atoms with E-state index in [1.807, 2.05) is 43.3 Å². The van der Waals surface area contributed by atoms with Gasteiger partial charge < -0.3 is 10.0 Å². The van der Waals surface area contributed by atoms with E-state index in [1.54, 1.807) is 4.90 Å². The number of nitrogens with zero attached hydrogens (tertiary/aromatic N) is 1. The number of allylic oxidation sites excluding steroid dienone is 1. The highest BCUT2D eigenvalue weighted by Crippen LogP contribution is 2.26. The van der Waals surface area contributed by atoms with E-state index in [4.69, 9.17) is 0 Å². The molecular weight excluding hydrogens is 426 g/mol. The normalized spacial score (nSPS) is 18.9. The molecule has 5 nitrogen and oxygen atoms in total. The number of aliphatic carboxylic acids is 1. The maximum absolute atomic E-state index is 13.7. The number of likely N-dealkylation sites (tertiary alicyclic amines) is 1. The summed E-state index contributed by atoms with van der Waals surface area (Å²) in [5, 5.41) is 9.56. The van der Waals surface area contributed by atoms with Crippen molar-refractivity contribution in [3.8, 4) is 0 Å². The number of carbonyl (C=O) groups is 3. The van der Waals surface area contributed by atoms with Crippen LogP contribution in [0, 0.1) is 23.7 Å². The van der Waals surface area contributed by atoms with E-state index in [2.05, 4.69) is 26.8 Å². The monoisotopic (exact) mass is 469 g/mol. The number of benzene rings is 1. The number of carbonyl (C=O) groups excluding carboxylic acids is 2. The van der Waals surface area contributed by atoms with Gasteiger partial charge in [0, 0.05) is 13.0 Å². The second kappa shape index (κ2) is 14.1. The Balaban J connectivity index is 2.18. The van der Waals surface area contributed by atoms with Crippen LogP contribution in [-0.2, 0) is 20.8 Å². The first-order valence-corrected chi connectivity index (χ1v) is 13.0. The van der Waals surface area contributed by atoms with Crippen molar-refractivity contribution in [1.82, 2.24) is 4.90 Å². The first-order valence-electron chi connectivity index (χ1n) is 13.0. The molecule has 1 N–H and O–H groups in total. The molecule has 5 heteroatoms. The van der Waals surface area contributed by atoms with Gasteiger partial charge in [0.25, 0.3) is 0 Å². The molecule has 188 valence electrons. The molecule has 1 aromatic rings. The van der Waals surface area contributed by atoms with Crippen LogP contribution in [0.4, 0.5) is 0 Å². The summed E-state index contributed by atoms with van der Waals surface area (Å²) in [6.07, 6.45) is 9.42. The van der Waals surface area contributed by atoms with Crippen LogP contribution in [-0.4, -0.2) is 40.3 Å². The van der Waals surface area contributed by atoms with E-state index in [1.165, 1.54) is 0 Å². The molecule has 0 radical (unpaired) electrons. The third-order valence-corrected chi connectivity index (χ3v) is 6.74. The molecule has 0 saturated carbocycles. The third kappa shape index (κ3) is 8.73. The standard InChI is InChI=1S/C29H43NO4/c1-5-6-13-25(29(33)34)20-27(31)26-14-10-17-30(26)28(32)24(16-15-22(4)18-21(2)3)19-23-11-8-7-9-12-23/h7-9,11-12,15-16,21-22,24-26H,5-6,10,13-14,17-20H2,1-4H3,(H,33,34)/b16-15+/t22-,24-,25-,26-/m1/s1. The Hall–Kier alpha value is -2.43. The van der Waals surface area contributed by atoms with Crippen molar-refractivity contribution in [2.75, 3.05) is 6.54 Å². The number of amides is 1. The van der Waals surface area contributed by atoms with Crippen molar-refractivity contribution in [3.63, 3.8) is 0 Å². The summed E-state index contributed by atoms with van der Waals surface area (Å²) >= 11 is 0. The van der Waals surface area contributed by atoms with Crippen molar-refractivity contribution in [2.45, 2.75) is 85.1 Å². The Morgan fingerprint density at radius 2 is 1.82 bits per heavy atom. The zero-order valence-electron chi connectivity index (χ0n) is 21.4. The second-order valence-electron chi connectivity index (χ2n) is 10.3. The van der Waals surface area contributed by atoms with Crippen molar-refractivity contribution >= 4 is 17.7 Å². The third-order valence-electron chi connectivity index (χ3n) is 6.74. The predicted octanol–water partition coefficient (Wildman–Crippen LogP) is 5.92. The number of carboxylic acids is 1. The topological polar surface area (TPSA) is 74.7 Å². The molecule has 1 amide bonds. The molecule has 1 heterocycles. The van der Waals surface area contributed by atoms with Crippen LogP contribution in [0.5, 0.6) is 0 Å². The van der Waals surface area contributed by atoms with Crippen molar-refractivity contribution in [3.05, 3.63) is 48.0 Å². The van der Waals surface area contributed by atoms with Gasteiger partial charge in [0.2, 0.25) is 5.91 Å². The fraction of sp³-hybridized carbons (Fsp3) is 0.621. The average molecular weight is 470 g/mol. The highest BCUT2D eigenvalue weighted by Gasteiger charge is 2.37. The zero-order valence-corrected chi connectivity index (χ0v) is 21.4. The summed E-state index contributed by atoms with van der Waals surface area (Å²) in [5.74, 6) is -1.09. The van der Waals surface area contributed by atoms with E-state index in [-0.39, 0.29) is 24.0 Å². The fourth-order valence-corrected chi connectivity index (χ4v) is 4.97. The molecule has 1 fully saturated rings. The van der Waals surface area contributed by atoms with Gasteiger partial charge in [0.05, 0.1) is 17.9 Å². The lowest BCUT2D eigenvalue weighted by Crippen LogP contribution is -2.44. The SMILES string of the molecule is CCCC[C@H](CC(=O)[C@H]1CCCN1C(=O)[C@H](/C=C/[C@@H](C)CC(C)C)Cc1ccccc1)C(=O)O. The van der Waals surface area contributed by atoms with Gasteiger partial charge in [-0.3, -0.25) is 14.4 Å². The molecule has 1 aromatic carbocycles. The molecule has 2 rings (SSSR count). The van der Waals surface area contributed by atoms with E-state index < -0.39 is 17.9 Å². The van der Waals surface area contributed by atoms with E-state index >= 15 is 0 Å². The summed E-state index contributed by atoms with van der Waals surface area (Å²) in [4.78, 5) is 40.2. The summed E-state index contributed by atoms with van der Waals surface area (Å²) in [6.45, 7) is 9.14. The molecule has 0 unspecified atom stereocenters. The minimum atomic E-state index is -0.915. The molecule has 1 aliphatic rings. The minimum absolute atomic E-state index is 0.00833. The summed E-state index contributed by atoms with van der Waals surface area (Å²) in [5.41, 5.74) is 1.09. The van der Waals surface area contributed by atoms with Crippen LogP contribution in [0.2, 0.25) is 0 Å². The predicted molar refractivity (Wildman–Crippen MR) is 136 cm³/mol. The lowest BCUT2D eigenvalue weighted by molar-refractivity contribution is -0.145. The van der Waals surface area contributed by atoms with Crippen molar-refractivity contribution in [1.29, 1.82) is 0 Å². The Morgan fingerprint density at radius 1 is 1.12 bits per heavy atom. The van der Waals surface area contributed by atoms with Gasteiger partial charge in [-0.2, -0.15) is 0 Å². The lowest BCUT2D eigenvalue weighted by atomic mass is 9.91. The zero-order chi connectivity index (χ0) is 25.1. The lowest BCUT2D eigenvalue weighted by Gasteiger charge is -2.28. The van der Waals surface area contributed by atoms with Crippen LogP contribution < -0.4 is 0 Å². The van der Waals surface area contributed by atoms with Gasteiger partial charge in [-0.15, -0.1) is 0 Å². The Labute approximate surface area is 205 Å². The second-order valence-corrected chi connectivity index (χ2v) is 10.3. The van der Waals surface area contributed by atoms with E-state index in [0.29, 0.717) is 37.6 Å². The van der Waals surface area contributed by atoms with E-state index in [9.17, 15) is 19.5 Å². The molecule has 0 aliphatic carbocycles. The first-order chi connectivity index (χ1) is 16.2. The quantitative estimate of drug-likeness (QED) is 0.343. The molecule has 0 bridgehead atoms. The Bertz CT molecular complexity index is 817. The van der Waals surface area contributed by atoms with E-state index in [0.717, 1.165) is 31.2 Å². The molecule has 1 aliphatic heterocycles. The number of Topliss-reactive ketones (excluding diaryl/α,β-unsaturated/α-hetero) is 1. The van der Waals surface area contributed by atoms with Gasteiger partial charge in [0.1, 0.15) is 0 Å². The van der Waals surface area contributed by atoms with Gasteiger partial charge in [-0.25, -0.2) is 0 Å².